The fourth-order valence-corrected chi connectivity index (χ4v) is 5.49. The molecule has 2 aromatic carbocycles. The zero-order chi connectivity index (χ0) is 25.3. The molecule has 0 N–H and O–H groups in total. The number of sulfonamides is 1. The van der Waals surface area contributed by atoms with Crippen LogP contribution in [-0.4, -0.2) is 58.4 Å². The van der Waals surface area contributed by atoms with E-state index in [2.05, 4.69) is 11.3 Å². The maximum atomic E-state index is 13.2. The molecule has 8 nitrogen and oxygen atoms in total. The number of nitrogens with zero attached hydrogens (tertiary/aromatic N) is 2. The van der Waals surface area contributed by atoms with Gasteiger partial charge >= 0.3 is 0 Å². The van der Waals surface area contributed by atoms with Gasteiger partial charge in [0.25, 0.3) is 15.9 Å². The lowest BCUT2D eigenvalue weighted by Gasteiger charge is -2.15. The fraction of sp³-hybridized carbons (Fsp3) is 0.360. The van der Waals surface area contributed by atoms with E-state index in [9.17, 15) is 13.2 Å². The van der Waals surface area contributed by atoms with Gasteiger partial charge in [-0.3, -0.25) is 9.69 Å². The van der Waals surface area contributed by atoms with Crippen molar-refractivity contribution in [2.24, 2.45) is 4.40 Å². The molecule has 1 fully saturated rings. The van der Waals surface area contributed by atoms with Gasteiger partial charge in [-0.05, 0) is 60.5 Å². The molecule has 0 aliphatic carbocycles. The zero-order valence-electron chi connectivity index (χ0n) is 20.1. The Morgan fingerprint density at radius 1 is 1.03 bits per heavy atom. The van der Waals surface area contributed by atoms with Crippen molar-refractivity contribution in [2.75, 3.05) is 34.0 Å². The van der Waals surface area contributed by atoms with E-state index in [-0.39, 0.29) is 22.5 Å². The molecular weight excluding hydrogens is 488 g/mol. The maximum Gasteiger partial charge on any atom is 0.284 e. The van der Waals surface area contributed by atoms with Gasteiger partial charge in [-0.2, -0.15) is 8.42 Å². The number of amides is 1. The first kappa shape index (κ1) is 26.8. The number of hydrogen-bond donors (Lipinski definition) is 0. The third-order valence-corrected chi connectivity index (χ3v) is 7.50. The monoisotopic (exact) mass is 518 g/mol. The Labute approximate surface area is 211 Å². The highest BCUT2D eigenvalue weighted by molar-refractivity contribution is 8.19. The second kappa shape index (κ2) is 12.8. The normalized spacial score (nSPS) is 16.3. The number of carbonyl (C=O) groups is 1. The molecule has 0 atom stereocenters. The zero-order valence-corrected chi connectivity index (χ0v) is 21.7. The molecule has 1 aliphatic heterocycles. The van der Waals surface area contributed by atoms with Crippen LogP contribution in [0.4, 0.5) is 0 Å². The van der Waals surface area contributed by atoms with Crippen LogP contribution in [0.5, 0.6) is 11.5 Å². The molecule has 0 unspecified atom stereocenters. The summed E-state index contributed by atoms with van der Waals surface area (Å²) in [5.41, 5.74) is 0.726. The number of amidine groups is 1. The minimum atomic E-state index is -3.98. The van der Waals surface area contributed by atoms with E-state index in [1.54, 1.807) is 50.6 Å². The van der Waals surface area contributed by atoms with E-state index in [4.69, 9.17) is 14.2 Å². The van der Waals surface area contributed by atoms with Gasteiger partial charge < -0.3 is 14.2 Å². The third kappa shape index (κ3) is 7.09. The molecule has 2 aromatic rings. The molecule has 1 heterocycles. The summed E-state index contributed by atoms with van der Waals surface area (Å²) in [7, 11) is -0.842. The van der Waals surface area contributed by atoms with Crippen molar-refractivity contribution in [3.05, 3.63) is 59.0 Å². The Hall–Kier alpha value is -2.82. The minimum Gasteiger partial charge on any atom is -0.493 e. The van der Waals surface area contributed by atoms with Gasteiger partial charge in [0.1, 0.15) is 0 Å². The van der Waals surface area contributed by atoms with Crippen molar-refractivity contribution < 1.29 is 27.4 Å². The topological polar surface area (TPSA) is 94.5 Å². The lowest BCUT2D eigenvalue weighted by atomic mass is 10.2. The van der Waals surface area contributed by atoms with E-state index in [1.807, 2.05) is 6.07 Å². The van der Waals surface area contributed by atoms with Crippen molar-refractivity contribution >= 4 is 38.9 Å². The smallest absolute Gasteiger partial charge is 0.284 e. The van der Waals surface area contributed by atoms with Crippen LogP contribution in [0, 0.1) is 0 Å². The number of benzene rings is 2. The lowest BCUT2D eigenvalue weighted by Crippen LogP contribution is -2.31. The molecule has 1 amide bonds. The minimum absolute atomic E-state index is 0.0678. The molecule has 188 valence electrons. The van der Waals surface area contributed by atoms with Crippen molar-refractivity contribution in [3.63, 3.8) is 0 Å². The summed E-state index contributed by atoms with van der Waals surface area (Å²) in [4.78, 5) is 15.0. The Morgan fingerprint density at radius 3 is 2.49 bits per heavy atom. The Balaban J connectivity index is 1.91. The summed E-state index contributed by atoms with van der Waals surface area (Å²) >= 11 is 1.03. The highest BCUT2D eigenvalue weighted by Gasteiger charge is 2.34. The first-order valence-electron chi connectivity index (χ1n) is 11.3. The van der Waals surface area contributed by atoms with E-state index in [1.165, 1.54) is 17.0 Å². The van der Waals surface area contributed by atoms with Crippen LogP contribution in [0.3, 0.4) is 0 Å². The first-order chi connectivity index (χ1) is 16.9. The predicted molar refractivity (Wildman–Crippen MR) is 138 cm³/mol. The summed E-state index contributed by atoms with van der Waals surface area (Å²) in [6, 6.07) is 13.4. The van der Waals surface area contributed by atoms with E-state index in [0.29, 0.717) is 36.0 Å². The van der Waals surface area contributed by atoms with Crippen molar-refractivity contribution in [3.8, 4) is 11.5 Å². The number of ether oxygens (including phenoxy) is 3. The molecule has 10 heteroatoms. The van der Waals surface area contributed by atoms with E-state index < -0.39 is 10.0 Å². The molecule has 0 bridgehead atoms. The molecular formula is C25H30N2O6S2. The van der Waals surface area contributed by atoms with Crippen molar-refractivity contribution in [1.82, 2.24) is 4.90 Å². The van der Waals surface area contributed by atoms with Crippen LogP contribution in [0.2, 0.25) is 0 Å². The van der Waals surface area contributed by atoms with Gasteiger partial charge in [0.2, 0.25) is 0 Å². The second-order valence-electron chi connectivity index (χ2n) is 7.69. The SMILES string of the molecule is CCCCOc1ccc(/C=C2\SC(=NS(=O)(=O)c3ccccc3)N(CCCOC)C2=O)cc1OC. The first-order valence-corrected chi connectivity index (χ1v) is 13.6. The molecule has 0 saturated carbocycles. The van der Waals surface area contributed by atoms with Crippen LogP contribution < -0.4 is 9.47 Å². The molecule has 0 spiro atoms. The summed E-state index contributed by atoms with van der Waals surface area (Å²) < 4.78 is 46.0. The van der Waals surface area contributed by atoms with Crippen molar-refractivity contribution in [1.29, 1.82) is 0 Å². The summed E-state index contributed by atoms with van der Waals surface area (Å²) in [5.74, 6) is 0.879. The quantitative estimate of drug-likeness (QED) is 0.300. The molecule has 1 aliphatic rings. The van der Waals surface area contributed by atoms with Crippen LogP contribution in [0.1, 0.15) is 31.7 Å². The highest BCUT2D eigenvalue weighted by Crippen LogP contribution is 2.35. The lowest BCUT2D eigenvalue weighted by molar-refractivity contribution is -0.122. The molecule has 35 heavy (non-hydrogen) atoms. The highest BCUT2D eigenvalue weighted by atomic mass is 32.2. The van der Waals surface area contributed by atoms with Gasteiger partial charge in [-0.1, -0.05) is 37.6 Å². The number of methoxy groups -OCH3 is 2. The maximum absolute atomic E-state index is 13.2. The van der Waals surface area contributed by atoms with Crippen LogP contribution in [-0.2, 0) is 19.6 Å². The Kier molecular flexibility index (Phi) is 9.76. The molecule has 1 saturated heterocycles. The predicted octanol–water partition coefficient (Wildman–Crippen LogP) is 4.57. The molecule has 3 rings (SSSR count). The Bertz CT molecular complexity index is 1180. The van der Waals surface area contributed by atoms with E-state index in [0.717, 1.165) is 30.2 Å². The summed E-state index contributed by atoms with van der Waals surface area (Å²) in [5, 5.41) is 0.118. The van der Waals surface area contributed by atoms with Crippen LogP contribution in [0.15, 0.2) is 62.7 Å². The number of carbonyl (C=O) groups excluding carboxylic acids is 1. The summed E-state index contributed by atoms with van der Waals surface area (Å²) in [6.45, 7) is 3.40. The van der Waals surface area contributed by atoms with Gasteiger partial charge in [0, 0.05) is 20.3 Å². The number of thioether (sulfide) groups is 1. The summed E-state index contributed by atoms with van der Waals surface area (Å²) in [6.07, 6.45) is 4.20. The van der Waals surface area contributed by atoms with Crippen LogP contribution >= 0.6 is 11.8 Å². The number of rotatable bonds is 12. The van der Waals surface area contributed by atoms with Gasteiger partial charge in [0.05, 0.1) is 23.5 Å². The second-order valence-corrected chi connectivity index (χ2v) is 10.3. The van der Waals surface area contributed by atoms with Gasteiger partial charge in [-0.25, -0.2) is 0 Å². The van der Waals surface area contributed by atoms with Gasteiger partial charge in [-0.15, -0.1) is 4.40 Å². The average Bonchev–Trinajstić information content (AvgIpc) is 3.13. The van der Waals surface area contributed by atoms with Gasteiger partial charge in [0.15, 0.2) is 16.7 Å². The fourth-order valence-electron chi connectivity index (χ4n) is 3.26. The van der Waals surface area contributed by atoms with Crippen LogP contribution in [0.25, 0.3) is 6.08 Å². The average molecular weight is 519 g/mol. The third-order valence-electron chi connectivity index (χ3n) is 5.10. The standard InChI is InChI=1S/C25H30N2O6S2/c1-4-5-16-33-21-13-12-19(17-22(21)32-3)18-23-24(28)27(14-9-15-31-2)25(34-23)26-35(29,30)20-10-7-6-8-11-20/h6-8,10-13,17-18H,4-5,9,14-16H2,1-3H3/b23-18-,26-25?. The molecule has 0 aromatic heterocycles. The van der Waals surface area contributed by atoms with E-state index >= 15 is 0 Å². The number of unbranched alkanes of at least 4 members (excludes halogenated alkanes) is 1. The van der Waals surface area contributed by atoms with Crippen molar-refractivity contribution in [2.45, 2.75) is 31.1 Å². The largest absolute Gasteiger partial charge is 0.493 e. The molecule has 0 radical (unpaired) electrons. The Morgan fingerprint density at radius 2 is 1.80 bits per heavy atom. The number of hydrogen-bond acceptors (Lipinski definition) is 7.